The number of halogens is 8. The number of pyridine rings is 1. The van der Waals surface area contributed by atoms with Crippen molar-refractivity contribution in [1.29, 1.82) is 0 Å². The number of hydrazine groups is 1. The van der Waals surface area contributed by atoms with E-state index in [2.05, 4.69) is 10.1 Å². The summed E-state index contributed by atoms with van der Waals surface area (Å²) >= 11 is 0. The predicted molar refractivity (Wildman–Crippen MR) is 143 cm³/mol. The number of hydrogen-bond acceptors (Lipinski definition) is 6. The Bertz CT molecular complexity index is 1440. The average Bonchev–Trinajstić information content (AvgIpc) is 2.94. The van der Waals surface area contributed by atoms with Crippen LogP contribution in [-0.4, -0.2) is 33.2 Å². The predicted octanol–water partition coefficient (Wildman–Crippen LogP) is 6.16. The molecule has 7 nitrogen and oxygen atoms in total. The van der Waals surface area contributed by atoms with Crippen molar-refractivity contribution in [3.63, 3.8) is 0 Å². The Kier molecular flexibility index (Phi) is 10.9. The summed E-state index contributed by atoms with van der Waals surface area (Å²) in [5.41, 5.74) is 2.27. The molecule has 0 spiro atoms. The standard InChI is InChI=1S/C21H25F5N6O.C7H5F3/c1-31(28)18(19(22)23)17(27)15-10-13(12-6-3-2-4-7-12)20(33)32(30-15)11-16-14(21(24,25)26)8-5-9-29-16;8-7(9,10)6-4-2-1-3-5-6/h5,8-10,12,19H,2-4,6-7,11,27-28H2,1H3;1-5H/b18-17-;. The molecule has 0 aliphatic heterocycles. The molecule has 0 bridgehead atoms. The Labute approximate surface area is 241 Å². The van der Waals surface area contributed by atoms with E-state index in [9.17, 15) is 39.9 Å². The first-order chi connectivity index (χ1) is 20.1. The number of rotatable bonds is 6. The maximum atomic E-state index is 13.6. The van der Waals surface area contributed by atoms with E-state index in [1.54, 1.807) is 6.07 Å². The molecular weight excluding hydrogens is 588 g/mol. The number of nitrogens with zero attached hydrogens (tertiary/aromatic N) is 4. The third-order valence-corrected chi connectivity index (χ3v) is 6.78. The number of aromatic nitrogens is 3. The first kappa shape index (κ1) is 33.5. The number of benzene rings is 1. The average molecular weight is 619 g/mol. The van der Waals surface area contributed by atoms with Gasteiger partial charge in [-0.2, -0.15) is 31.4 Å². The molecule has 1 saturated carbocycles. The summed E-state index contributed by atoms with van der Waals surface area (Å²) in [6.45, 7) is -0.599. The van der Waals surface area contributed by atoms with E-state index in [4.69, 9.17) is 11.6 Å². The van der Waals surface area contributed by atoms with Crippen LogP contribution in [0.15, 0.2) is 65.2 Å². The normalized spacial score (nSPS) is 15.0. The first-order valence-corrected chi connectivity index (χ1v) is 13.1. The summed E-state index contributed by atoms with van der Waals surface area (Å²) in [6.07, 6.45) is -6.63. The molecule has 0 atom stereocenters. The highest BCUT2D eigenvalue weighted by molar-refractivity contribution is 5.63. The first-order valence-electron chi connectivity index (χ1n) is 13.1. The van der Waals surface area contributed by atoms with Gasteiger partial charge in [0.25, 0.3) is 12.0 Å². The van der Waals surface area contributed by atoms with Crippen molar-refractivity contribution >= 4 is 5.70 Å². The molecule has 43 heavy (non-hydrogen) atoms. The lowest BCUT2D eigenvalue weighted by Crippen LogP contribution is -2.34. The molecule has 2 heterocycles. The zero-order valence-electron chi connectivity index (χ0n) is 23.0. The van der Waals surface area contributed by atoms with Crippen molar-refractivity contribution in [2.24, 2.45) is 11.6 Å². The molecule has 0 saturated heterocycles. The Morgan fingerprint density at radius 3 is 2.14 bits per heavy atom. The van der Waals surface area contributed by atoms with Crippen molar-refractivity contribution in [3.8, 4) is 0 Å². The van der Waals surface area contributed by atoms with Crippen LogP contribution in [0.1, 0.15) is 66.1 Å². The lowest BCUT2D eigenvalue weighted by atomic mass is 9.84. The van der Waals surface area contributed by atoms with Gasteiger partial charge in [-0.15, -0.1) is 0 Å². The SMILES string of the molecule is CN(N)/C(=C(\N)c1cc(C2CCCCC2)c(=O)n(Cc2ncccc2C(F)(F)F)n1)C(F)F.FC(F)(F)c1ccccc1. The molecule has 0 amide bonds. The van der Waals surface area contributed by atoms with Gasteiger partial charge in [-0.1, -0.05) is 49.6 Å². The van der Waals surface area contributed by atoms with Gasteiger partial charge in [0.05, 0.1) is 29.1 Å². The largest absolute Gasteiger partial charge is 0.418 e. The minimum atomic E-state index is -4.69. The van der Waals surface area contributed by atoms with E-state index in [0.29, 0.717) is 17.9 Å². The van der Waals surface area contributed by atoms with Crippen molar-refractivity contribution in [2.75, 3.05) is 7.05 Å². The van der Waals surface area contributed by atoms with E-state index in [1.807, 2.05) is 0 Å². The zero-order valence-corrected chi connectivity index (χ0v) is 23.0. The van der Waals surface area contributed by atoms with Gasteiger partial charge in [-0.05, 0) is 37.0 Å². The summed E-state index contributed by atoms with van der Waals surface area (Å²) in [6, 6.07) is 9.70. The number of hydrogen-bond donors (Lipinski definition) is 2. The van der Waals surface area contributed by atoms with Crippen LogP contribution in [-0.2, 0) is 18.9 Å². The molecular formula is C28H30F8N6O. The second kappa shape index (κ2) is 14.0. The van der Waals surface area contributed by atoms with Crippen LogP contribution >= 0.6 is 0 Å². The molecule has 1 aliphatic carbocycles. The van der Waals surface area contributed by atoms with Crippen molar-refractivity contribution in [3.05, 3.63) is 98.9 Å². The van der Waals surface area contributed by atoms with Gasteiger partial charge in [0.1, 0.15) is 11.4 Å². The molecule has 0 radical (unpaired) electrons. The lowest BCUT2D eigenvalue weighted by molar-refractivity contribution is -0.139. The Balaban J connectivity index is 0.000000428. The maximum absolute atomic E-state index is 13.6. The highest BCUT2D eigenvalue weighted by Gasteiger charge is 2.34. The summed E-state index contributed by atoms with van der Waals surface area (Å²) in [7, 11) is 1.18. The van der Waals surface area contributed by atoms with E-state index in [-0.39, 0.29) is 17.2 Å². The van der Waals surface area contributed by atoms with E-state index in [1.165, 1.54) is 31.4 Å². The van der Waals surface area contributed by atoms with Gasteiger partial charge in [0.2, 0.25) is 0 Å². The van der Waals surface area contributed by atoms with Crippen molar-refractivity contribution in [1.82, 2.24) is 19.8 Å². The molecule has 4 rings (SSSR count). The highest BCUT2D eigenvalue weighted by atomic mass is 19.4. The molecule has 15 heteroatoms. The van der Waals surface area contributed by atoms with Gasteiger partial charge < -0.3 is 10.7 Å². The van der Waals surface area contributed by atoms with Gasteiger partial charge in [-0.3, -0.25) is 9.78 Å². The Morgan fingerprint density at radius 1 is 1.00 bits per heavy atom. The fourth-order valence-corrected chi connectivity index (χ4v) is 4.69. The van der Waals surface area contributed by atoms with E-state index in [0.717, 1.165) is 48.2 Å². The second-order valence-corrected chi connectivity index (χ2v) is 9.85. The summed E-state index contributed by atoms with van der Waals surface area (Å²) in [5, 5.41) is 4.68. The van der Waals surface area contributed by atoms with Crippen molar-refractivity contribution in [2.45, 2.75) is 63.3 Å². The van der Waals surface area contributed by atoms with E-state index < -0.39 is 59.1 Å². The third kappa shape index (κ3) is 8.75. The molecule has 4 N–H and O–H groups in total. The molecule has 3 aromatic rings. The van der Waals surface area contributed by atoms with Crippen LogP contribution in [0.4, 0.5) is 35.1 Å². The smallest absolute Gasteiger partial charge is 0.395 e. The minimum absolute atomic E-state index is 0.160. The quantitative estimate of drug-likeness (QED) is 0.195. The number of allylic oxidation sites excluding steroid dienone is 1. The van der Waals surface area contributed by atoms with E-state index >= 15 is 0 Å². The molecule has 1 aromatic carbocycles. The Morgan fingerprint density at radius 2 is 1.63 bits per heavy atom. The summed E-state index contributed by atoms with van der Waals surface area (Å²) in [5.74, 6) is 5.32. The lowest BCUT2D eigenvalue weighted by Gasteiger charge is -2.24. The highest BCUT2D eigenvalue weighted by Crippen LogP contribution is 2.33. The van der Waals surface area contributed by atoms with Gasteiger partial charge in [0.15, 0.2) is 0 Å². The second-order valence-electron chi connectivity index (χ2n) is 9.85. The van der Waals surface area contributed by atoms with Crippen molar-refractivity contribution < 1.29 is 35.1 Å². The number of nitrogens with two attached hydrogens (primary N) is 2. The zero-order chi connectivity index (χ0) is 31.9. The number of alkyl halides is 8. The summed E-state index contributed by atoms with van der Waals surface area (Å²) in [4.78, 5) is 17.0. The Hall–Kier alpha value is -4.01. The van der Waals surface area contributed by atoms with Crippen LogP contribution in [0.5, 0.6) is 0 Å². The molecule has 234 valence electrons. The van der Waals surface area contributed by atoms with Crippen LogP contribution in [0.2, 0.25) is 0 Å². The van der Waals surface area contributed by atoms with Gasteiger partial charge >= 0.3 is 12.4 Å². The fraction of sp³-hybridized carbons (Fsp3) is 0.393. The maximum Gasteiger partial charge on any atom is 0.418 e. The summed E-state index contributed by atoms with van der Waals surface area (Å²) < 4.78 is 104. The third-order valence-electron chi connectivity index (χ3n) is 6.78. The molecule has 1 aliphatic rings. The van der Waals surface area contributed by atoms with Crippen LogP contribution in [0.25, 0.3) is 5.70 Å². The molecule has 0 unspecified atom stereocenters. The van der Waals surface area contributed by atoms with Crippen LogP contribution < -0.4 is 17.1 Å². The fourth-order valence-electron chi connectivity index (χ4n) is 4.69. The monoisotopic (exact) mass is 618 g/mol. The van der Waals surface area contributed by atoms with Gasteiger partial charge in [0, 0.05) is 18.8 Å². The molecule has 2 aromatic heterocycles. The van der Waals surface area contributed by atoms with Gasteiger partial charge in [-0.25, -0.2) is 19.3 Å². The molecule has 1 fully saturated rings. The van der Waals surface area contributed by atoms with Crippen LogP contribution in [0.3, 0.4) is 0 Å². The topological polar surface area (TPSA) is 103 Å². The minimum Gasteiger partial charge on any atom is -0.395 e. The van der Waals surface area contributed by atoms with Crippen LogP contribution in [0, 0.1) is 0 Å².